The van der Waals surface area contributed by atoms with Crippen molar-refractivity contribution in [3.63, 3.8) is 0 Å². The Morgan fingerprint density at radius 3 is 1.54 bits per heavy atom. The van der Waals surface area contributed by atoms with Gasteiger partial charge in [-0.15, -0.1) is 0 Å². The van der Waals surface area contributed by atoms with Crippen LogP contribution in [-0.2, 0) is 0 Å². The van der Waals surface area contributed by atoms with Gasteiger partial charge in [0.25, 0.3) is 0 Å². The third-order valence-electron chi connectivity index (χ3n) is 7.25. The summed E-state index contributed by atoms with van der Waals surface area (Å²) in [7, 11) is 0. The highest BCUT2D eigenvalue weighted by atomic mass is 16.2. The molecule has 0 fully saturated rings. The lowest BCUT2D eigenvalue weighted by Crippen LogP contribution is -2.11. The molecule has 0 N–H and O–H groups in total. The van der Waals surface area contributed by atoms with E-state index < -0.39 is 0 Å². The Kier molecular flexibility index (Phi) is 6.00. The Hall–Kier alpha value is -4.76. The van der Waals surface area contributed by atoms with E-state index in [0.717, 1.165) is 33.4 Å². The SMILES string of the molecule is Cc1cc(C)cc(N(c2cc(C)cc(C)c2)c2ccc3cc(C=C4C(=O)c5ccccc5C4=O)ccc3c2)c1. The molecule has 0 bridgehead atoms. The van der Waals surface area contributed by atoms with E-state index in [1.54, 1.807) is 30.3 Å². The molecule has 0 aliphatic heterocycles. The minimum Gasteiger partial charge on any atom is -0.310 e. The van der Waals surface area contributed by atoms with Gasteiger partial charge in [0.15, 0.2) is 11.6 Å². The highest BCUT2D eigenvalue weighted by Gasteiger charge is 2.32. The van der Waals surface area contributed by atoms with Gasteiger partial charge in [-0.25, -0.2) is 0 Å². The fourth-order valence-corrected chi connectivity index (χ4v) is 5.66. The Labute approximate surface area is 229 Å². The van der Waals surface area contributed by atoms with Crippen LogP contribution in [-0.4, -0.2) is 11.6 Å². The van der Waals surface area contributed by atoms with E-state index in [0.29, 0.717) is 11.1 Å². The first kappa shape index (κ1) is 24.6. The summed E-state index contributed by atoms with van der Waals surface area (Å²) in [6, 6.07) is 32.8. The normalized spacial score (nSPS) is 12.7. The molecule has 6 rings (SSSR count). The molecule has 1 aliphatic rings. The van der Waals surface area contributed by atoms with E-state index in [1.165, 1.54) is 22.3 Å². The molecule has 0 heterocycles. The van der Waals surface area contributed by atoms with Crippen LogP contribution in [0.3, 0.4) is 0 Å². The zero-order chi connectivity index (χ0) is 27.3. The van der Waals surface area contributed by atoms with E-state index in [-0.39, 0.29) is 17.1 Å². The fourth-order valence-electron chi connectivity index (χ4n) is 5.66. The van der Waals surface area contributed by atoms with Crippen LogP contribution in [0.5, 0.6) is 0 Å². The molecule has 0 unspecified atom stereocenters. The number of hydrogen-bond acceptors (Lipinski definition) is 3. The monoisotopic (exact) mass is 507 g/mol. The van der Waals surface area contributed by atoms with Gasteiger partial charge in [0.2, 0.25) is 0 Å². The molecule has 3 heteroatoms. The first-order valence-electron chi connectivity index (χ1n) is 13.2. The number of aryl methyl sites for hydroxylation is 4. The minimum atomic E-state index is -0.205. The molecule has 0 atom stereocenters. The number of allylic oxidation sites excluding steroid dienone is 1. The maximum atomic E-state index is 12.9. The third-order valence-corrected chi connectivity index (χ3v) is 7.25. The maximum absolute atomic E-state index is 12.9. The molecular formula is C36H29NO2. The summed E-state index contributed by atoms with van der Waals surface area (Å²) in [5.74, 6) is -0.410. The van der Waals surface area contributed by atoms with E-state index in [9.17, 15) is 9.59 Å². The van der Waals surface area contributed by atoms with Crippen molar-refractivity contribution in [1.29, 1.82) is 0 Å². The molecule has 0 radical (unpaired) electrons. The molecule has 0 saturated carbocycles. The summed E-state index contributed by atoms with van der Waals surface area (Å²) in [4.78, 5) is 28.0. The first-order valence-corrected chi connectivity index (χ1v) is 13.2. The number of nitrogens with zero attached hydrogens (tertiary/aromatic N) is 1. The number of benzene rings is 5. The number of Topliss-reactive ketones (excluding diaryl/α,β-unsaturated/α-hetero) is 2. The number of ketones is 2. The Bertz CT molecular complexity index is 1710. The van der Waals surface area contributed by atoms with Crippen LogP contribution >= 0.6 is 0 Å². The van der Waals surface area contributed by atoms with Gasteiger partial charge in [0.05, 0.1) is 5.57 Å². The van der Waals surface area contributed by atoms with Crippen LogP contribution in [0.2, 0.25) is 0 Å². The largest absolute Gasteiger partial charge is 0.310 e. The third kappa shape index (κ3) is 4.57. The van der Waals surface area contributed by atoms with Gasteiger partial charge >= 0.3 is 0 Å². The van der Waals surface area contributed by atoms with Crippen LogP contribution < -0.4 is 4.90 Å². The molecule has 3 nitrogen and oxygen atoms in total. The summed E-state index contributed by atoms with van der Waals surface area (Å²) in [5, 5.41) is 2.13. The van der Waals surface area contributed by atoms with E-state index >= 15 is 0 Å². The smallest absolute Gasteiger partial charge is 0.197 e. The average Bonchev–Trinajstić information content (AvgIpc) is 3.13. The number of carbonyl (C=O) groups excluding carboxylic acids is 2. The van der Waals surface area contributed by atoms with E-state index in [2.05, 4.69) is 93.3 Å². The summed E-state index contributed by atoms with van der Waals surface area (Å²) in [6.07, 6.45) is 1.72. The van der Waals surface area contributed by atoms with Gasteiger partial charge in [0, 0.05) is 28.2 Å². The predicted molar refractivity (Wildman–Crippen MR) is 161 cm³/mol. The van der Waals surface area contributed by atoms with Gasteiger partial charge in [-0.05, 0) is 115 Å². The zero-order valence-electron chi connectivity index (χ0n) is 22.6. The standard InChI is InChI=1S/C36H29NO2/c1-22-13-23(2)16-30(15-22)37(31-17-24(3)14-25(4)18-31)29-12-11-27-19-26(9-10-28(27)21-29)20-34-35(38)32-7-5-6-8-33(32)36(34)39/h5-21H,1-4H3. The van der Waals surface area contributed by atoms with Crippen molar-refractivity contribution in [1.82, 2.24) is 0 Å². The molecule has 0 amide bonds. The molecular weight excluding hydrogens is 478 g/mol. The van der Waals surface area contributed by atoms with Gasteiger partial charge in [-0.2, -0.15) is 0 Å². The van der Waals surface area contributed by atoms with Gasteiger partial charge in [-0.3, -0.25) is 9.59 Å². The molecule has 0 aromatic heterocycles. The molecule has 39 heavy (non-hydrogen) atoms. The second-order valence-corrected chi connectivity index (χ2v) is 10.6. The maximum Gasteiger partial charge on any atom is 0.197 e. The number of fused-ring (bicyclic) bond motifs is 2. The second kappa shape index (κ2) is 9.52. The number of hydrogen-bond donors (Lipinski definition) is 0. The van der Waals surface area contributed by atoms with E-state index in [1.807, 2.05) is 12.1 Å². The Morgan fingerprint density at radius 2 is 1.00 bits per heavy atom. The van der Waals surface area contributed by atoms with Gasteiger partial charge < -0.3 is 4.90 Å². The zero-order valence-corrected chi connectivity index (χ0v) is 22.6. The van der Waals surface area contributed by atoms with Crippen molar-refractivity contribution < 1.29 is 9.59 Å². The lowest BCUT2D eigenvalue weighted by atomic mass is 10.0. The average molecular weight is 508 g/mol. The van der Waals surface area contributed by atoms with E-state index in [4.69, 9.17) is 0 Å². The molecule has 0 saturated heterocycles. The minimum absolute atomic E-state index is 0.205. The fraction of sp³-hybridized carbons (Fsp3) is 0.111. The van der Waals surface area contributed by atoms with Crippen LogP contribution in [0.1, 0.15) is 48.5 Å². The molecule has 5 aromatic rings. The van der Waals surface area contributed by atoms with Crippen molar-refractivity contribution in [2.45, 2.75) is 27.7 Å². The highest BCUT2D eigenvalue weighted by molar-refractivity contribution is 6.41. The highest BCUT2D eigenvalue weighted by Crippen LogP contribution is 2.38. The molecule has 190 valence electrons. The summed E-state index contributed by atoms with van der Waals surface area (Å²) < 4.78 is 0. The number of anilines is 3. The molecule has 1 aliphatic carbocycles. The van der Waals surface area contributed by atoms with Gasteiger partial charge in [-0.1, -0.05) is 54.6 Å². The van der Waals surface area contributed by atoms with Crippen LogP contribution in [0.25, 0.3) is 16.8 Å². The second-order valence-electron chi connectivity index (χ2n) is 10.6. The lowest BCUT2D eigenvalue weighted by molar-refractivity contribution is 0.0990. The quantitative estimate of drug-likeness (QED) is 0.180. The summed E-state index contributed by atoms with van der Waals surface area (Å²) in [5.41, 5.74) is 10.2. The van der Waals surface area contributed by atoms with Crippen molar-refractivity contribution in [2.24, 2.45) is 0 Å². The number of rotatable bonds is 4. The Balaban J connectivity index is 1.42. The first-order chi connectivity index (χ1) is 18.8. The van der Waals surface area contributed by atoms with Crippen molar-refractivity contribution in [3.8, 4) is 0 Å². The van der Waals surface area contributed by atoms with Gasteiger partial charge in [0.1, 0.15) is 0 Å². The number of carbonyl (C=O) groups is 2. The Morgan fingerprint density at radius 1 is 0.513 bits per heavy atom. The van der Waals surface area contributed by atoms with Crippen LogP contribution in [0.15, 0.2) is 103 Å². The topological polar surface area (TPSA) is 37.4 Å². The summed E-state index contributed by atoms with van der Waals surface area (Å²) >= 11 is 0. The molecule has 5 aromatic carbocycles. The van der Waals surface area contributed by atoms with Crippen LogP contribution in [0.4, 0.5) is 17.1 Å². The van der Waals surface area contributed by atoms with Crippen molar-refractivity contribution in [2.75, 3.05) is 4.90 Å². The van der Waals surface area contributed by atoms with Crippen molar-refractivity contribution >= 4 is 45.5 Å². The lowest BCUT2D eigenvalue weighted by Gasteiger charge is -2.27. The molecule has 0 spiro atoms. The van der Waals surface area contributed by atoms with Crippen LogP contribution in [0, 0.1) is 27.7 Å². The predicted octanol–water partition coefficient (Wildman–Crippen LogP) is 9.01. The summed E-state index contributed by atoms with van der Waals surface area (Å²) in [6.45, 7) is 8.52. The van der Waals surface area contributed by atoms with Crippen molar-refractivity contribution in [3.05, 3.63) is 142 Å².